The third-order valence-electron chi connectivity index (χ3n) is 4.80. The van der Waals surface area contributed by atoms with Crippen LogP contribution in [-0.2, 0) is 11.2 Å². The maximum atomic E-state index is 13.2. The summed E-state index contributed by atoms with van der Waals surface area (Å²) >= 11 is 12.4. The van der Waals surface area contributed by atoms with Gasteiger partial charge in [0.15, 0.2) is 23.4 Å². The van der Waals surface area contributed by atoms with Crippen molar-refractivity contribution >= 4 is 40.6 Å². The van der Waals surface area contributed by atoms with Gasteiger partial charge in [0.25, 0.3) is 5.91 Å². The molecule has 1 amide bonds. The van der Waals surface area contributed by atoms with Crippen LogP contribution in [0.4, 0.5) is 5.69 Å². The number of hydrogen-bond donors (Lipinski definition) is 1. The molecule has 0 saturated carbocycles. The van der Waals surface area contributed by atoms with Gasteiger partial charge >= 0.3 is 0 Å². The van der Waals surface area contributed by atoms with Crippen LogP contribution >= 0.6 is 23.2 Å². The molecular weight excluding hydrogens is 467 g/mol. The molecule has 0 aliphatic heterocycles. The number of carbonyl (C=O) groups excluding carboxylic acids is 2. The molecular formula is C24H22Cl2N2O5. The Morgan fingerprint density at radius 1 is 0.970 bits per heavy atom. The zero-order chi connectivity index (χ0) is 24.0. The van der Waals surface area contributed by atoms with E-state index in [0.29, 0.717) is 17.0 Å². The van der Waals surface area contributed by atoms with Crippen LogP contribution in [0, 0.1) is 0 Å². The normalized spacial score (nSPS) is 11.4. The first-order chi connectivity index (χ1) is 15.8. The van der Waals surface area contributed by atoms with Crippen molar-refractivity contribution in [1.29, 1.82) is 0 Å². The summed E-state index contributed by atoms with van der Waals surface area (Å²) in [7, 11) is 2.88. The zero-order valence-corrected chi connectivity index (χ0v) is 19.7. The van der Waals surface area contributed by atoms with E-state index in [9.17, 15) is 9.59 Å². The van der Waals surface area contributed by atoms with Gasteiger partial charge in [0.2, 0.25) is 5.75 Å². The smallest absolute Gasteiger partial charge is 0.265 e. The molecule has 9 heteroatoms. The molecule has 172 valence electrons. The number of halogens is 2. The van der Waals surface area contributed by atoms with E-state index in [1.54, 1.807) is 43.3 Å². The highest BCUT2D eigenvalue weighted by molar-refractivity contribution is 6.36. The minimum atomic E-state index is -0.953. The lowest BCUT2D eigenvalue weighted by Gasteiger charge is -2.21. The Kier molecular flexibility index (Phi) is 8.14. The van der Waals surface area contributed by atoms with Gasteiger partial charge in [0.1, 0.15) is 0 Å². The molecule has 33 heavy (non-hydrogen) atoms. The van der Waals surface area contributed by atoms with Crippen LogP contribution in [0.5, 0.6) is 17.2 Å². The zero-order valence-electron chi connectivity index (χ0n) is 18.2. The molecule has 1 unspecified atom stereocenters. The number of amides is 1. The molecule has 1 heterocycles. The molecule has 2 aromatic carbocycles. The lowest BCUT2D eigenvalue weighted by molar-refractivity contribution is -0.122. The van der Waals surface area contributed by atoms with Crippen LogP contribution in [0.3, 0.4) is 0 Å². The van der Waals surface area contributed by atoms with E-state index >= 15 is 0 Å². The summed E-state index contributed by atoms with van der Waals surface area (Å²) in [5.41, 5.74) is 1.25. The van der Waals surface area contributed by atoms with Gasteiger partial charge in [-0.3, -0.25) is 14.6 Å². The van der Waals surface area contributed by atoms with Crippen LogP contribution in [0.15, 0.2) is 54.9 Å². The van der Waals surface area contributed by atoms with Crippen molar-refractivity contribution in [2.24, 2.45) is 0 Å². The predicted molar refractivity (Wildman–Crippen MR) is 127 cm³/mol. The number of hydrogen-bond acceptors (Lipinski definition) is 6. The molecule has 3 rings (SSSR count). The number of anilines is 1. The van der Waals surface area contributed by atoms with Crippen LogP contribution < -0.4 is 19.5 Å². The van der Waals surface area contributed by atoms with Crippen molar-refractivity contribution in [1.82, 2.24) is 4.98 Å². The van der Waals surface area contributed by atoms with Gasteiger partial charge < -0.3 is 19.5 Å². The summed E-state index contributed by atoms with van der Waals surface area (Å²) in [6.45, 7) is 1.57. The van der Waals surface area contributed by atoms with Crippen LogP contribution in [0.1, 0.15) is 22.8 Å². The number of nitrogens with zero attached hydrogens (tertiary/aromatic N) is 1. The summed E-state index contributed by atoms with van der Waals surface area (Å²) in [4.78, 5) is 29.8. The highest BCUT2D eigenvalue weighted by Gasteiger charge is 2.26. The largest absolute Gasteiger partial charge is 0.493 e. The van der Waals surface area contributed by atoms with Crippen LogP contribution in [0.25, 0.3) is 0 Å². The summed E-state index contributed by atoms with van der Waals surface area (Å²) < 4.78 is 16.7. The number of nitrogens with one attached hydrogen (secondary N) is 1. The Balaban J connectivity index is 1.93. The number of carbonyl (C=O) groups is 2. The number of benzene rings is 2. The molecule has 7 nitrogen and oxygen atoms in total. The molecule has 0 fully saturated rings. The molecule has 0 aliphatic carbocycles. The summed E-state index contributed by atoms with van der Waals surface area (Å²) in [5.74, 6) is -0.116. The molecule has 0 spiro atoms. The maximum Gasteiger partial charge on any atom is 0.265 e. The molecule has 1 aromatic heterocycles. The Labute approximate surface area is 201 Å². The monoisotopic (exact) mass is 488 g/mol. The first-order valence-electron chi connectivity index (χ1n) is 9.94. The second kappa shape index (κ2) is 11.0. The fraction of sp³-hybridized carbons (Fsp3) is 0.208. The quantitative estimate of drug-likeness (QED) is 0.414. The Bertz CT molecular complexity index is 1130. The van der Waals surface area contributed by atoms with Crippen molar-refractivity contribution in [3.63, 3.8) is 0 Å². The van der Waals surface area contributed by atoms with Gasteiger partial charge in [-0.05, 0) is 31.2 Å². The average Bonchev–Trinajstić information content (AvgIpc) is 2.81. The second-order valence-corrected chi connectivity index (χ2v) is 7.79. The van der Waals surface area contributed by atoms with Crippen molar-refractivity contribution < 1.29 is 23.8 Å². The van der Waals surface area contributed by atoms with Gasteiger partial charge in [-0.1, -0.05) is 41.4 Å². The van der Waals surface area contributed by atoms with E-state index < -0.39 is 12.0 Å². The number of ketones is 1. The SMILES string of the molecule is COc1ccc(C(=O)Cc2c(Cl)cncc2Cl)c(OC(C)C(=O)Nc2ccccc2)c1OC. The van der Waals surface area contributed by atoms with Crippen LogP contribution in [0.2, 0.25) is 10.0 Å². The molecule has 0 bridgehead atoms. The van der Waals surface area contributed by atoms with Gasteiger partial charge in [0.05, 0.1) is 29.8 Å². The fourth-order valence-electron chi connectivity index (χ4n) is 3.09. The minimum Gasteiger partial charge on any atom is -0.493 e. The van der Waals surface area contributed by atoms with Crippen molar-refractivity contribution in [2.75, 3.05) is 19.5 Å². The van der Waals surface area contributed by atoms with Crippen LogP contribution in [-0.4, -0.2) is 37.0 Å². The number of para-hydroxylation sites is 1. The van der Waals surface area contributed by atoms with E-state index in [1.807, 2.05) is 6.07 Å². The van der Waals surface area contributed by atoms with Gasteiger partial charge in [-0.2, -0.15) is 0 Å². The van der Waals surface area contributed by atoms with E-state index in [2.05, 4.69) is 10.3 Å². The van der Waals surface area contributed by atoms with E-state index in [-0.39, 0.29) is 39.3 Å². The standard InChI is InChI=1S/C24H22Cl2N2O5/c1-14(24(30)28-15-7-5-4-6-8-15)33-22-16(9-10-21(31-2)23(22)32-3)20(29)11-17-18(25)12-27-13-19(17)26/h4-10,12-14H,11H2,1-3H3,(H,28,30). The fourth-order valence-corrected chi connectivity index (χ4v) is 3.59. The summed E-state index contributed by atoms with van der Waals surface area (Å²) in [5, 5.41) is 3.31. The molecule has 0 aliphatic rings. The number of Topliss-reactive ketones (excluding diaryl/α,β-unsaturated/α-hetero) is 1. The van der Waals surface area contributed by atoms with E-state index in [4.69, 9.17) is 37.4 Å². The molecule has 0 saturated heterocycles. The Morgan fingerprint density at radius 3 is 2.24 bits per heavy atom. The third-order valence-corrected chi connectivity index (χ3v) is 5.45. The third kappa shape index (κ3) is 5.74. The maximum absolute atomic E-state index is 13.2. The summed E-state index contributed by atoms with van der Waals surface area (Å²) in [6.07, 6.45) is 1.78. The van der Waals surface area contributed by atoms with Crippen molar-refractivity contribution in [3.05, 3.63) is 76.0 Å². The predicted octanol–water partition coefficient (Wildman–Crippen LogP) is 5.24. The molecule has 1 atom stereocenters. The Hall–Kier alpha value is -3.29. The lowest BCUT2D eigenvalue weighted by Crippen LogP contribution is -2.30. The molecule has 1 N–H and O–H groups in total. The first kappa shape index (κ1) is 24.4. The molecule has 3 aromatic rings. The first-order valence-corrected chi connectivity index (χ1v) is 10.7. The number of pyridine rings is 1. The van der Waals surface area contributed by atoms with E-state index in [1.165, 1.54) is 26.6 Å². The van der Waals surface area contributed by atoms with E-state index in [0.717, 1.165) is 0 Å². The highest BCUT2D eigenvalue weighted by Crippen LogP contribution is 2.41. The number of ether oxygens (including phenoxy) is 3. The topological polar surface area (TPSA) is 86.8 Å². The number of methoxy groups -OCH3 is 2. The summed E-state index contributed by atoms with van der Waals surface area (Å²) in [6, 6.07) is 12.1. The second-order valence-electron chi connectivity index (χ2n) is 6.97. The number of rotatable bonds is 9. The molecule has 0 radical (unpaired) electrons. The van der Waals surface area contributed by atoms with Gasteiger partial charge in [-0.15, -0.1) is 0 Å². The number of aromatic nitrogens is 1. The highest BCUT2D eigenvalue weighted by atomic mass is 35.5. The Morgan fingerprint density at radius 2 is 1.64 bits per heavy atom. The van der Waals surface area contributed by atoms with Crippen molar-refractivity contribution in [2.45, 2.75) is 19.4 Å². The lowest BCUT2D eigenvalue weighted by atomic mass is 10.0. The van der Waals surface area contributed by atoms with Crippen molar-refractivity contribution in [3.8, 4) is 17.2 Å². The average molecular weight is 489 g/mol. The van der Waals surface area contributed by atoms with Gasteiger partial charge in [0, 0.05) is 30.1 Å². The minimum absolute atomic E-state index is 0.0823. The van der Waals surface area contributed by atoms with Gasteiger partial charge in [-0.25, -0.2) is 0 Å².